The average molecular weight is 368 g/mol. The highest BCUT2D eigenvalue weighted by atomic mass is 35.5. The van der Waals surface area contributed by atoms with Gasteiger partial charge in [-0.15, -0.1) is 24.8 Å². The van der Waals surface area contributed by atoms with E-state index < -0.39 is 0 Å². The Balaban J connectivity index is 0.00000144. The van der Waals surface area contributed by atoms with Crippen LogP contribution < -0.4 is 10.6 Å². The van der Waals surface area contributed by atoms with Crippen LogP contribution in [-0.2, 0) is 11.2 Å². The van der Waals surface area contributed by atoms with E-state index in [4.69, 9.17) is 0 Å². The quantitative estimate of drug-likeness (QED) is 0.787. The number of nitrogens with one attached hydrogen (secondary N) is 2. The predicted molar refractivity (Wildman–Crippen MR) is 102 cm³/mol. The maximum atomic E-state index is 11.8. The van der Waals surface area contributed by atoms with Crippen molar-refractivity contribution in [3.63, 3.8) is 0 Å². The fourth-order valence-corrected chi connectivity index (χ4v) is 2.36. The molecular weight excluding hydrogens is 345 g/mol. The molecule has 4 nitrogen and oxygen atoms in total. The van der Waals surface area contributed by atoms with Crippen LogP contribution in [0.4, 0.5) is 5.69 Å². The monoisotopic (exact) mass is 367 g/mol. The third kappa shape index (κ3) is 6.87. The maximum Gasteiger partial charge on any atom is 0.238 e. The van der Waals surface area contributed by atoms with Crippen molar-refractivity contribution >= 4 is 36.4 Å². The number of hydrogen-bond acceptors (Lipinski definition) is 3. The lowest BCUT2D eigenvalue weighted by atomic mass is 10.1. The molecule has 1 aliphatic carbocycles. The van der Waals surface area contributed by atoms with Crippen LogP contribution in [-0.4, -0.2) is 24.0 Å². The first-order chi connectivity index (χ1) is 10.8. The number of aromatic nitrogens is 1. The number of benzene rings is 1. The molecule has 0 bridgehead atoms. The molecule has 1 amide bonds. The summed E-state index contributed by atoms with van der Waals surface area (Å²) in [5.74, 6) is 0.808. The second-order valence-electron chi connectivity index (χ2n) is 5.85. The highest BCUT2D eigenvalue weighted by molar-refractivity contribution is 5.92. The summed E-state index contributed by atoms with van der Waals surface area (Å²) >= 11 is 0. The molecule has 0 saturated heterocycles. The number of nitrogens with zero attached hydrogens (tertiary/aromatic N) is 1. The van der Waals surface area contributed by atoms with Gasteiger partial charge in [-0.1, -0.05) is 12.1 Å². The van der Waals surface area contributed by atoms with E-state index in [1.54, 1.807) is 12.4 Å². The van der Waals surface area contributed by atoms with Gasteiger partial charge < -0.3 is 10.6 Å². The van der Waals surface area contributed by atoms with Crippen molar-refractivity contribution in [2.75, 3.05) is 18.4 Å². The largest absolute Gasteiger partial charge is 0.325 e. The molecule has 2 N–H and O–H groups in total. The average Bonchev–Trinajstić information content (AvgIpc) is 3.35. The first-order valence-electron chi connectivity index (χ1n) is 7.78. The smallest absolute Gasteiger partial charge is 0.238 e. The van der Waals surface area contributed by atoms with E-state index in [0.29, 0.717) is 6.54 Å². The van der Waals surface area contributed by atoms with Crippen molar-refractivity contribution in [3.05, 3.63) is 59.9 Å². The fraction of sp³-hybridized carbons (Fsp3) is 0.333. The summed E-state index contributed by atoms with van der Waals surface area (Å²) in [6, 6.07) is 12.0. The lowest BCUT2D eigenvalue weighted by molar-refractivity contribution is -0.115. The van der Waals surface area contributed by atoms with Crippen molar-refractivity contribution in [2.24, 2.45) is 5.92 Å². The van der Waals surface area contributed by atoms with Crippen LogP contribution in [0, 0.1) is 5.92 Å². The topological polar surface area (TPSA) is 54.0 Å². The Morgan fingerprint density at radius 2 is 1.62 bits per heavy atom. The Labute approximate surface area is 155 Å². The highest BCUT2D eigenvalue weighted by Crippen LogP contribution is 2.27. The number of rotatable bonds is 7. The molecule has 6 heteroatoms. The van der Waals surface area contributed by atoms with Crippen LogP contribution >= 0.6 is 24.8 Å². The van der Waals surface area contributed by atoms with Gasteiger partial charge in [0.1, 0.15) is 0 Å². The zero-order valence-electron chi connectivity index (χ0n) is 13.4. The molecule has 0 atom stereocenters. The maximum absolute atomic E-state index is 11.8. The molecule has 0 aliphatic heterocycles. The summed E-state index contributed by atoms with van der Waals surface area (Å²) in [5.41, 5.74) is 3.30. The molecule has 0 spiro atoms. The van der Waals surface area contributed by atoms with Gasteiger partial charge in [0.15, 0.2) is 0 Å². The second kappa shape index (κ2) is 10.3. The van der Waals surface area contributed by atoms with Crippen molar-refractivity contribution in [1.82, 2.24) is 10.3 Å². The second-order valence-corrected chi connectivity index (χ2v) is 5.85. The van der Waals surface area contributed by atoms with Crippen LogP contribution in [0.1, 0.15) is 24.0 Å². The van der Waals surface area contributed by atoms with E-state index in [2.05, 4.69) is 15.6 Å². The summed E-state index contributed by atoms with van der Waals surface area (Å²) in [6.07, 6.45) is 7.08. The van der Waals surface area contributed by atoms with Gasteiger partial charge in [-0.3, -0.25) is 9.78 Å². The zero-order chi connectivity index (χ0) is 15.2. The van der Waals surface area contributed by atoms with E-state index in [9.17, 15) is 4.79 Å². The van der Waals surface area contributed by atoms with Gasteiger partial charge in [0.25, 0.3) is 0 Å². The zero-order valence-corrected chi connectivity index (χ0v) is 15.0. The first-order valence-corrected chi connectivity index (χ1v) is 7.78. The molecule has 1 aromatic carbocycles. The number of hydrogen-bond donors (Lipinski definition) is 2. The van der Waals surface area contributed by atoms with E-state index in [1.165, 1.54) is 24.0 Å². The lowest BCUT2D eigenvalue weighted by Crippen LogP contribution is -2.29. The number of halogens is 2. The molecule has 24 heavy (non-hydrogen) atoms. The van der Waals surface area contributed by atoms with Crippen LogP contribution in [0.25, 0.3) is 0 Å². The number of pyridine rings is 1. The minimum Gasteiger partial charge on any atom is -0.325 e. The summed E-state index contributed by atoms with van der Waals surface area (Å²) in [5, 5.41) is 6.11. The Bertz CT molecular complexity index is 616. The minimum atomic E-state index is 0. The van der Waals surface area contributed by atoms with Crippen molar-refractivity contribution in [3.8, 4) is 0 Å². The molecule has 3 rings (SSSR count). The lowest BCUT2D eigenvalue weighted by Gasteiger charge is -2.07. The molecule has 1 aromatic heterocycles. The Hall–Kier alpha value is -1.62. The third-order valence-corrected chi connectivity index (χ3v) is 3.81. The predicted octanol–water partition coefficient (Wildman–Crippen LogP) is 3.45. The summed E-state index contributed by atoms with van der Waals surface area (Å²) in [7, 11) is 0. The Morgan fingerprint density at radius 3 is 2.25 bits per heavy atom. The SMILES string of the molecule is Cl.Cl.O=C(CNCC1CC1)Nc1ccc(Cc2ccncc2)cc1. The van der Waals surface area contributed by atoms with Crippen molar-refractivity contribution < 1.29 is 4.79 Å². The van der Waals surface area contributed by atoms with Gasteiger partial charge in [0, 0.05) is 18.1 Å². The normalized spacial score (nSPS) is 12.7. The number of carbonyl (C=O) groups excluding carboxylic acids is 1. The van der Waals surface area contributed by atoms with Gasteiger partial charge in [0.05, 0.1) is 6.54 Å². The fourth-order valence-electron chi connectivity index (χ4n) is 2.36. The summed E-state index contributed by atoms with van der Waals surface area (Å²) < 4.78 is 0. The molecule has 1 aliphatic rings. The molecule has 0 radical (unpaired) electrons. The van der Waals surface area contributed by atoms with Crippen LogP contribution in [0.5, 0.6) is 0 Å². The first kappa shape index (κ1) is 20.4. The summed E-state index contributed by atoms with van der Waals surface area (Å²) in [4.78, 5) is 15.8. The Morgan fingerprint density at radius 1 is 1.00 bits per heavy atom. The molecule has 1 saturated carbocycles. The minimum absolute atomic E-state index is 0. The molecule has 130 valence electrons. The molecule has 1 heterocycles. The molecule has 0 unspecified atom stereocenters. The van der Waals surface area contributed by atoms with Gasteiger partial charge in [-0.2, -0.15) is 0 Å². The van der Waals surface area contributed by atoms with Gasteiger partial charge >= 0.3 is 0 Å². The van der Waals surface area contributed by atoms with E-state index in [0.717, 1.165) is 24.6 Å². The van der Waals surface area contributed by atoms with Crippen LogP contribution in [0.2, 0.25) is 0 Å². The van der Waals surface area contributed by atoms with Gasteiger partial charge in [-0.25, -0.2) is 0 Å². The summed E-state index contributed by atoms with van der Waals surface area (Å²) in [6.45, 7) is 1.34. The number of anilines is 1. The molecule has 2 aromatic rings. The third-order valence-electron chi connectivity index (χ3n) is 3.81. The number of carbonyl (C=O) groups is 1. The van der Waals surface area contributed by atoms with Gasteiger partial charge in [0.2, 0.25) is 5.91 Å². The Kier molecular flexibility index (Phi) is 8.76. The van der Waals surface area contributed by atoms with Crippen molar-refractivity contribution in [2.45, 2.75) is 19.3 Å². The number of amides is 1. The molecule has 1 fully saturated rings. The van der Waals surface area contributed by atoms with E-state index in [1.807, 2.05) is 36.4 Å². The standard InChI is InChI=1S/C18H21N3O.2ClH/c22-18(13-20-12-16-1-2-16)21-17-5-3-14(4-6-17)11-15-7-9-19-10-8-15;;/h3-10,16,20H,1-2,11-13H2,(H,21,22);2*1H. The van der Waals surface area contributed by atoms with Crippen LogP contribution in [0.15, 0.2) is 48.8 Å². The van der Waals surface area contributed by atoms with Crippen LogP contribution in [0.3, 0.4) is 0 Å². The van der Waals surface area contributed by atoms with E-state index in [-0.39, 0.29) is 30.7 Å². The van der Waals surface area contributed by atoms with Crippen molar-refractivity contribution in [1.29, 1.82) is 0 Å². The highest BCUT2D eigenvalue weighted by Gasteiger charge is 2.20. The van der Waals surface area contributed by atoms with E-state index >= 15 is 0 Å². The molecular formula is C18H23Cl2N3O. The van der Waals surface area contributed by atoms with Gasteiger partial charge in [-0.05, 0) is 67.1 Å².